The van der Waals surface area contributed by atoms with Crippen LogP contribution >= 0.6 is 15.9 Å². The Bertz CT molecular complexity index is 400. The van der Waals surface area contributed by atoms with Gasteiger partial charge in [-0.05, 0) is 51.4 Å². The summed E-state index contributed by atoms with van der Waals surface area (Å²) in [5.41, 5.74) is 2.68. The molecule has 1 unspecified atom stereocenters. The summed E-state index contributed by atoms with van der Waals surface area (Å²) >= 11 is 3.63. The fourth-order valence-electron chi connectivity index (χ4n) is 2.72. The maximum atomic E-state index is 3.64. The van der Waals surface area contributed by atoms with Crippen LogP contribution in [0.4, 0.5) is 0 Å². The smallest absolute Gasteiger partial charge is 0.0220 e. The maximum Gasteiger partial charge on any atom is 0.0220 e. The van der Waals surface area contributed by atoms with Crippen LogP contribution in [0, 0.1) is 6.92 Å². The van der Waals surface area contributed by atoms with Gasteiger partial charge in [0.05, 0.1) is 0 Å². The van der Waals surface area contributed by atoms with E-state index in [0.717, 1.165) is 6.54 Å². The number of hydrogen-bond donors (Lipinski definition) is 1. The number of benzene rings is 1. The first kappa shape index (κ1) is 15.0. The molecule has 1 fully saturated rings. The van der Waals surface area contributed by atoms with Gasteiger partial charge in [0.2, 0.25) is 0 Å². The van der Waals surface area contributed by atoms with Crippen molar-refractivity contribution in [2.45, 2.75) is 45.7 Å². The van der Waals surface area contributed by atoms with Crippen molar-refractivity contribution in [1.29, 1.82) is 0 Å². The number of rotatable bonds is 5. The van der Waals surface area contributed by atoms with Gasteiger partial charge in [-0.1, -0.05) is 40.0 Å². The van der Waals surface area contributed by atoms with Crippen LogP contribution in [-0.4, -0.2) is 30.6 Å². The van der Waals surface area contributed by atoms with Crippen molar-refractivity contribution in [3.63, 3.8) is 0 Å². The Kier molecular flexibility index (Phi) is 5.86. The molecule has 0 radical (unpaired) electrons. The predicted octanol–water partition coefficient (Wildman–Crippen LogP) is 3.72. The highest BCUT2D eigenvalue weighted by molar-refractivity contribution is 9.10. The molecule has 2 rings (SSSR count). The minimum absolute atomic E-state index is 0.547. The number of hydrogen-bond acceptors (Lipinski definition) is 2. The van der Waals surface area contributed by atoms with E-state index >= 15 is 0 Å². The summed E-state index contributed by atoms with van der Waals surface area (Å²) < 4.78 is 1.20. The summed E-state index contributed by atoms with van der Waals surface area (Å²) in [5, 5.41) is 3.64. The third-order valence-electron chi connectivity index (χ3n) is 3.82. The molecule has 106 valence electrons. The summed E-state index contributed by atoms with van der Waals surface area (Å²) in [4.78, 5) is 2.59. The van der Waals surface area contributed by atoms with Gasteiger partial charge in [-0.3, -0.25) is 0 Å². The Morgan fingerprint density at radius 2 is 2.00 bits per heavy atom. The minimum Gasteiger partial charge on any atom is -0.309 e. The fraction of sp³-hybridized carbons (Fsp3) is 0.625. The molecule has 2 nitrogen and oxygen atoms in total. The van der Waals surface area contributed by atoms with Crippen molar-refractivity contribution in [2.24, 2.45) is 0 Å². The Hall–Kier alpha value is -0.380. The summed E-state index contributed by atoms with van der Waals surface area (Å²) in [6.07, 6.45) is 4.15. The zero-order valence-corrected chi connectivity index (χ0v) is 13.7. The van der Waals surface area contributed by atoms with Crippen molar-refractivity contribution in [2.75, 3.05) is 19.6 Å². The van der Waals surface area contributed by atoms with Gasteiger partial charge in [0, 0.05) is 23.6 Å². The first-order chi connectivity index (χ1) is 9.15. The molecule has 0 amide bonds. The number of nitrogens with one attached hydrogen (secondary N) is 1. The Labute approximate surface area is 125 Å². The van der Waals surface area contributed by atoms with Crippen molar-refractivity contribution in [1.82, 2.24) is 10.2 Å². The molecule has 0 saturated carbocycles. The van der Waals surface area contributed by atoms with Crippen LogP contribution in [0.2, 0.25) is 0 Å². The number of nitrogens with zero attached hydrogens (tertiary/aromatic N) is 1. The third kappa shape index (κ3) is 4.90. The Morgan fingerprint density at radius 3 is 2.74 bits per heavy atom. The SMILES string of the molecule is Cc1ccc(Br)c(CNC(C)CN2CCCCC2)c1. The number of aryl methyl sites for hydroxylation is 1. The lowest BCUT2D eigenvalue weighted by molar-refractivity contribution is 0.209. The van der Waals surface area contributed by atoms with Crippen molar-refractivity contribution in [3.05, 3.63) is 33.8 Å². The second-order valence-electron chi connectivity index (χ2n) is 5.74. The van der Waals surface area contributed by atoms with Crippen LogP contribution in [0.5, 0.6) is 0 Å². The molecule has 0 aromatic heterocycles. The molecular formula is C16H25BrN2. The summed E-state index contributed by atoms with van der Waals surface area (Å²) in [6.45, 7) is 9.10. The van der Waals surface area contributed by atoms with Crippen LogP contribution in [0.3, 0.4) is 0 Å². The van der Waals surface area contributed by atoms with E-state index in [1.54, 1.807) is 0 Å². The van der Waals surface area contributed by atoms with E-state index in [-0.39, 0.29) is 0 Å². The van der Waals surface area contributed by atoms with Gasteiger partial charge in [0.1, 0.15) is 0 Å². The lowest BCUT2D eigenvalue weighted by atomic mass is 10.1. The molecule has 3 heteroatoms. The average Bonchev–Trinajstić information content (AvgIpc) is 2.41. The van der Waals surface area contributed by atoms with Gasteiger partial charge in [-0.15, -0.1) is 0 Å². The lowest BCUT2D eigenvalue weighted by Crippen LogP contribution is -2.41. The minimum atomic E-state index is 0.547. The van der Waals surface area contributed by atoms with E-state index in [4.69, 9.17) is 0 Å². The fourth-order valence-corrected chi connectivity index (χ4v) is 3.10. The molecule has 1 atom stereocenters. The van der Waals surface area contributed by atoms with Gasteiger partial charge < -0.3 is 10.2 Å². The highest BCUT2D eigenvalue weighted by Crippen LogP contribution is 2.18. The number of piperidine rings is 1. The van der Waals surface area contributed by atoms with Gasteiger partial charge in [-0.25, -0.2) is 0 Å². The second kappa shape index (κ2) is 7.41. The van der Waals surface area contributed by atoms with E-state index in [1.165, 1.54) is 54.5 Å². The molecule has 1 aromatic rings. The zero-order chi connectivity index (χ0) is 13.7. The topological polar surface area (TPSA) is 15.3 Å². The first-order valence-corrected chi connectivity index (χ1v) is 8.15. The van der Waals surface area contributed by atoms with E-state index < -0.39 is 0 Å². The molecule has 19 heavy (non-hydrogen) atoms. The predicted molar refractivity (Wildman–Crippen MR) is 85.5 cm³/mol. The van der Waals surface area contributed by atoms with Crippen LogP contribution in [0.15, 0.2) is 22.7 Å². The summed E-state index contributed by atoms with van der Waals surface area (Å²) in [7, 11) is 0. The van der Waals surface area contributed by atoms with Gasteiger partial charge in [-0.2, -0.15) is 0 Å². The Morgan fingerprint density at radius 1 is 1.26 bits per heavy atom. The molecule has 1 N–H and O–H groups in total. The van der Waals surface area contributed by atoms with Crippen LogP contribution in [0.1, 0.15) is 37.3 Å². The monoisotopic (exact) mass is 324 g/mol. The second-order valence-corrected chi connectivity index (χ2v) is 6.59. The van der Waals surface area contributed by atoms with E-state index in [1.807, 2.05) is 0 Å². The van der Waals surface area contributed by atoms with E-state index in [0.29, 0.717) is 6.04 Å². The van der Waals surface area contributed by atoms with Crippen molar-refractivity contribution >= 4 is 15.9 Å². The molecule has 0 spiro atoms. The summed E-state index contributed by atoms with van der Waals surface area (Å²) in [6, 6.07) is 7.09. The van der Waals surface area contributed by atoms with E-state index in [9.17, 15) is 0 Å². The molecule has 0 bridgehead atoms. The highest BCUT2D eigenvalue weighted by Gasteiger charge is 2.13. The molecule has 1 aliphatic heterocycles. The lowest BCUT2D eigenvalue weighted by Gasteiger charge is -2.29. The molecular weight excluding hydrogens is 300 g/mol. The van der Waals surface area contributed by atoms with Crippen molar-refractivity contribution in [3.8, 4) is 0 Å². The highest BCUT2D eigenvalue weighted by atomic mass is 79.9. The van der Waals surface area contributed by atoms with Crippen LogP contribution in [0.25, 0.3) is 0 Å². The maximum absolute atomic E-state index is 3.64. The summed E-state index contributed by atoms with van der Waals surface area (Å²) in [5.74, 6) is 0. The zero-order valence-electron chi connectivity index (χ0n) is 12.1. The van der Waals surface area contributed by atoms with Gasteiger partial charge in [0.15, 0.2) is 0 Å². The molecule has 1 heterocycles. The normalized spacial score (nSPS) is 18.5. The number of halogens is 1. The molecule has 1 aliphatic rings. The number of likely N-dealkylation sites (tertiary alicyclic amines) is 1. The van der Waals surface area contributed by atoms with Gasteiger partial charge in [0.25, 0.3) is 0 Å². The largest absolute Gasteiger partial charge is 0.309 e. The van der Waals surface area contributed by atoms with Crippen LogP contribution in [-0.2, 0) is 6.54 Å². The standard InChI is InChI=1S/C16H25BrN2/c1-13-6-7-16(17)15(10-13)11-18-14(2)12-19-8-4-3-5-9-19/h6-7,10,14,18H,3-5,8-9,11-12H2,1-2H3. The van der Waals surface area contributed by atoms with Crippen molar-refractivity contribution < 1.29 is 0 Å². The van der Waals surface area contributed by atoms with E-state index in [2.05, 4.69) is 58.2 Å². The Balaban J connectivity index is 1.79. The average molecular weight is 325 g/mol. The first-order valence-electron chi connectivity index (χ1n) is 7.36. The molecule has 1 saturated heterocycles. The molecule has 1 aromatic carbocycles. The van der Waals surface area contributed by atoms with Gasteiger partial charge >= 0.3 is 0 Å². The molecule has 0 aliphatic carbocycles. The third-order valence-corrected chi connectivity index (χ3v) is 4.60. The van der Waals surface area contributed by atoms with Crippen LogP contribution < -0.4 is 5.32 Å². The quantitative estimate of drug-likeness (QED) is 0.888.